The van der Waals surface area contributed by atoms with E-state index in [2.05, 4.69) is 0 Å². The summed E-state index contributed by atoms with van der Waals surface area (Å²) >= 11 is 0. The highest BCUT2D eigenvalue weighted by Gasteiger charge is 2.71. The molecule has 1 heterocycles. The molecule has 2 atom stereocenters. The molecule has 0 radical (unpaired) electrons. The van der Waals surface area contributed by atoms with Crippen molar-refractivity contribution in [2.45, 2.75) is 25.3 Å². The first-order chi connectivity index (χ1) is 7.13. The fourth-order valence-corrected chi connectivity index (χ4v) is 2.67. The lowest BCUT2D eigenvalue weighted by Gasteiger charge is -2.34. The average molecular weight is 209 g/mol. The minimum atomic E-state index is -1.01. The lowest BCUT2D eigenvalue weighted by atomic mass is 9.91. The minimum absolute atomic E-state index is 0.0623. The molecule has 0 spiro atoms. The fraction of sp³-hybridized carbons (Fsp3) is 0.700. The van der Waals surface area contributed by atoms with Crippen molar-refractivity contribution in [2.24, 2.45) is 17.8 Å². The fourth-order valence-electron chi connectivity index (χ4n) is 2.67. The molecule has 5 heteroatoms. The number of piperidine rings is 1. The maximum Gasteiger partial charge on any atom is 0.308 e. The summed E-state index contributed by atoms with van der Waals surface area (Å²) in [7, 11) is 0. The van der Waals surface area contributed by atoms with Crippen molar-refractivity contribution in [3.05, 3.63) is 0 Å². The number of hydrogen-bond acceptors (Lipinski definition) is 3. The van der Waals surface area contributed by atoms with Gasteiger partial charge in [-0.25, -0.2) is 0 Å². The van der Waals surface area contributed by atoms with Crippen molar-refractivity contribution in [1.82, 2.24) is 4.90 Å². The van der Waals surface area contributed by atoms with Crippen LogP contribution in [0.4, 0.5) is 0 Å². The summed E-state index contributed by atoms with van der Waals surface area (Å²) in [5.41, 5.74) is 0. The van der Waals surface area contributed by atoms with Crippen molar-refractivity contribution in [3.63, 3.8) is 0 Å². The second-order valence-electron chi connectivity index (χ2n) is 4.55. The first kappa shape index (κ1) is 8.88. The van der Waals surface area contributed by atoms with Crippen LogP contribution in [0.25, 0.3) is 0 Å². The minimum Gasteiger partial charge on any atom is -0.481 e. The number of fused-ring (bicyclic) bond motifs is 1. The van der Waals surface area contributed by atoms with E-state index in [1.807, 2.05) is 0 Å². The second-order valence-corrected chi connectivity index (χ2v) is 4.55. The molecule has 1 aliphatic heterocycles. The number of aliphatic carboxylic acids is 1. The molecule has 0 aromatic rings. The number of likely N-dealkylation sites (tertiary alicyclic amines) is 1. The van der Waals surface area contributed by atoms with Crippen molar-refractivity contribution in [3.8, 4) is 0 Å². The number of hydrogen-bond donors (Lipinski definition) is 1. The van der Waals surface area contributed by atoms with Gasteiger partial charge in [0.15, 0.2) is 0 Å². The topological polar surface area (TPSA) is 74.7 Å². The van der Waals surface area contributed by atoms with Gasteiger partial charge in [-0.2, -0.15) is 0 Å². The van der Waals surface area contributed by atoms with Gasteiger partial charge in [0.1, 0.15) is 0 Å². The molecular formula is C10H11NO4. The zero-order valence-electron chi connectivity index (χ0n) is 8.05. The zero-order chi connectivity index (χ0) is 10.7. The van der Waals surface area contributed by atoms with Crippen molar-refractivity contribution in [1.29, 1.82) is 0 Å². The van der Waals surface area contributed by atoms with Gasteiger partial charge in [-0.3, -0.25) is 19.3 Å². The van der Waals surface area contributed by atoms with E-state index in [0.717, 1.165) is 19.3 Å². The van der Waals surface area contributed by atoms with E-state index >= 15 is 0 Å². The molecule has 3 aliphatic rings. The maximum atomic E-state index is 11.7. The Morgan fingerprint density at radius 2 is 1.73 bits per heavy atom. The number of nitrogens with zero attached hydrogens (tertiary/aromatic N) is 1. The molecule has 1 N–H and O–H groups in total. The number of carbonyl (C=O) groups excluding carboxylic acids is 2. The van der Waals surface area contributed by atoms with Crippen LogP contribution in [0.5, 0.6) is 0 Å². The Balaban J connectivity index is 1.81. The second kappa shape index (κ2) is 2.59. The van der Waals surface area contributed by atoms with Crippen LogP contribution in [0.2, 0.25) is 0 Å². The first-order valence-electron chi connectivity index (χ1n) is 5.22. The molecule has 3 rings (SSSR count). The van der Waals surface area contributed by atoms with Crippen LogP contribution in [0.15, 0.2) is 0 Å². The van der Waals surface area contributed by atoms with Gasteiger partial charge < -0.3 is 5.11 Å². The third kappa shape index (κ3) is 0.952. The molecule has 0 aromatic carbocycles. The molecule has 2 amide bonds. The number of rotatable bonds is 2. The van der Waals surface area contributed by atoms with Crippen molar-refractivity contribution >= 4 is 17.8 Å². The van der Waals surface area contributed by atoms with Gasteiger partial charge in [-0.15, -0.1) is 0 Å². The van der Waals surface area contributed by atoms with Gasteiger partial charge in [0.05, 0.1) is 17.8 Å². The summed E-state index contributed by atoms with van der Waals surface area (Å²) < 4.78 is 0. The van der Waals surface area contributed by atoms with Gasteiger partial charge >= 0.3 is 5.97 Å². The summed E-state index contributed by atoms with van der Waals surface area (Å²) in [6.07, 6.45) is 2.82. The van der Waals surface area contributed by atoms with Crippen LogP contribution < -0.4 is 0 Å². The number of imide groups is 1. The molecule has 2 aliphatic carbocycles. The highest BCUT2D eigenvalue weighted by Crippen LogP contribution is 2.54. The van der Waals surface area contributed by atoms with Gasteiger partial charge in [0.2, 0.25) is 11.8 Å². The van der Waals surface area contributed by atoms with Crippen LogP contribution in [0, 0.1) is 17.8 Å². The quantitative estimate of drug-likeness (QED) is 0.642. The predicted octanol–water partition coefficient (Wildman–Crippen LogP) is -0.146. The van der Waals surface area contributed by atoms with E-state index in [-0.39, 0.29) is 17.9 Å². The largest absolute Gasteiger partial charge is 0.481 e. The zero-order valence-corrected chi connectivity index (χ0v) is 8.05. The molecule has 5 nitrogen and oxygen atoms in total. The van der Waals surface area contributed by atoms with E-state index in [4.69, 9.17) is 5.11 Å². The monoisotopic (exact) mass is 209 g/mol. The van der Waals surface area contributed by atoms with E-state index in [1.165, 1.54) is 4.90 Å². The summed E-state index contributed by atoms with van der Waals surface area (Å²) in [5, 5.41) is 8.77. The molecule has 2 unspecified atom stereocenters. The normalized spacial score (nSPS) is 38.9. The van der Waals surface area contributed by atoms with Crippen LogP contribution in [-0.4, -0.2) is 33.8 Å². The van der Waals surface area contributed by atoms with Crippen LogP contribution in [-0.2, 0) is 14.4 Å². The molecule has 15 heavy (non-hydrogen) atoms. The number of carboxylic acid groups (broad SMARTS) is 1. The molecule has 1 saturated heterocycles. The van der Waals surface area contributed by atoms with E-state index in [0.29, 0.717) is 0 Å². The summed E-state index contributed by atoms with van der Waals surface area (Å²) in [5.74, 6) is -3.34. The first-order valence-corrected chi connectivity index (χ1v) is 5.22. The Bertz CT molecular complexity index is 352. The van der Waals surface area contributed by atoms with Crippen LogP contribution in [0.3, 0.4) is 0 Å². The molecule has 0 aromatic heterocycles. The Hall–Kier alpha value is -1.39. The molecule has 80 valence electrons. The van der Waals surface area contributed by atoms with Crippen molar-refractivity contribution < 1.29 is 19.5 Å². The summed E-state index contributed by atoms with van der Waals surface area (Å²) in [4.78, 5) is 35.5. The number of carboxylic acids is 1. The molecular weight excluding hydrogens is 198 g/mol. The van der Waals surface area contributed by atoms with Gasteiger partial charge in [0.25, 0.3) is 0 Å². The highest BCUT2D eigenvalue weighted by molar-refractivity contribution is 6.13. The number of amides is 2. The van der Waals surface area contributed by atoms with Gasteiger partial charge in [0, 0.05) is 6.04 Å². The average Bonchev–Trinajstić information content (AvgIpc) is 2.77. The lowest BCUT2D eigenvalue weighted by molar-refractivity contribution is -0.151. The SMILES string of the molecule is O=C(O)C1C2C(=O)N(C3CCC3)C(=O)C12. The van der Waals surface area contributed by atoms with E-state index in [9.17, 15) is 14.4 Å². The van der Waals surface area contributed by atoms with Gasteiger partial charge in [-0.05, 0) is 19.3 Å². The highest BCUT2D eigenvalue weighted by atomic mass is 16.4. The lowest BCUT2D eigenvalue weighted by Crippen LogP contribution is -2.46. The van der Waals surface area contributed by atoms with E-state index < -0.39 is 23.7 Å². The third-order valence-electron chi connectivity index (χ3n) is 3.79. The smallest absolute Gasteiger partial charge is 0.308 e. The Morgan fingerprint density at radius 1 is 1.20 bits per heavy atom. The molecule has 2 saturated carbocycles. The van der Waals surface area contributed by atoms with Crippen LogP contribution in [0.1, 0.15) is 19.3 Å². The Kier molecular flexibility index (Phi) is 1.53. The molecule has 0 bridgehead atoms. The Morgan fingerprint density at radius 3 is 2.07 bits per heavy atom. The molecule has 3 fully saturated rings. The standard InChI is InChI=1S/C10H11NO4/c12-8-5-6(7(5)10(14)15)9(13)11(8)4-2-1-3-4/h4-7H,1-3H2,(H,14,15). The maximum absolute atomic E-state index is 11.7. The summed E-state index contributed by atoms with van der Waals surface area (Å²) in [6.45, 7) is 0. The van der Waals surface area contributed by atoms with Gasteiger partial charge in [-0.1, -0.05) is 0 Å². The third-order valence-corrected chi connectivity index (χ3v) is 3.79. The van der Waals surface area contributed by atoms with Crippen molar-refractivity contribution in [2.75, 3.05) is 0 Å². The predicted molar refractivity (Wildman–Crippen MR) is 47.6 cm³/mol. The van der Waals surface area contributed by atoms with Crippen LogP contribution >= 0.6 is 0 Å². The Labute approximate surface area is 86.0 Å². The number of carbonyl (C=O) groups is 3. The van der Waals surface area contributed by atoms with E-state index in [1.54, 1.807) is 0 Å². The summed E-state index contributed by atoms with van der Waals surface area (Å²) in [6, 6.07) is 0.0623.